The molecule has 0 aliphatic heterocycles. The van der Waals surface area contributed by atoms with E-state index in [1.54, 1.807) is 18.2 Å². The van der Waals surface area contributed by atoms with E-state index >= 15 is 0 Å². The zero-order valence-electron chi connectivity index (χ0n) is 14.8. The van der Waals surface area contributed by atoms with Gasteiger partial charge in [0.15, 0.2) is 11.5 Å². The van der Waals surface area contributed by atoms with E-state index in [9.17, 15) is 13.2 Å². The molecule has 1 N–H and O–H groups in total. The summed E-state index contributed by atoms with van der Waals surface area (Å²) in [5.41, 5.74) is 2.85. The molecule has 0 saturated heterocycles. The lowest BCUT2D eigenvalue weighted by Crippen LogP contribution is -2.07. The highest BCUT2D eigenvalue weighted by Gasteiger charge is 2.30. The molecule has 0 unspecified atom stereocenters. The molecule has 0 fully saturated rings. The van der Waals surface area contributed by atoms with E-state index < -0.39 is 11.7 Å². The number of nitrogens with zero attached hydrogens (tertiary/aromatic N) is 1. The summed E-state index contributed by atoms with van der Waals surface area (Å²) in [6, 6.07) is 10.2. The van der Waals surface area contributed by atoms with Gasteiger partial charge in [-0.05, 0) is 62.7 Å². The molecule has 0 saturated carbocycles. The van der Waals surface area contributed by atoms with Crippen LogP contribution in [0.1, 0.15) is 31.9 Å². The van der Waals surface area contributed by atoms with Crippen molar-refractivity contribution in [1.29, 1.82) is 0 Å². The van der Waals surface area contributed by atoms with Crippen molar-refractivity contribution in [1.82, 2.24) is 0 Å². The highest BCUT2D eigenvalue weighted by Crippen LogP contribution is 2.31. The number of alkyl halides is 3. The fourth-order valence-electron chi connectivity index (χ4n) is 2.17. The number of halogens is 3. The van der Waals surface area contributed by atoms with E-state index in [1.807, 2.05) is 20.8 Å². The van der Waals surface area contributed by atoms with Crippen LogP contribution in [0.3, 0.4) is 0 Å². The smallest absolute Gasteiger partial charge is 0.416 e. The molecule has 0 atom stereocenters. The van der Waals surface area contributed by atoms with Gasteiger partial charge < -0.3 is 9.47 Å². The Labute approximate surface area is 150 Å². The Hall–Kier alpha value is -2.70. The number of ether oxygens (including phenoxy) is 2. The predicted molar refractivity (Wildman–Crippen MR) is 96.0 cm³/mol. The summed E-state index contributed by atoms with van der Waals surface area (Å²) in [6.45, 7) is 6.20. The molecule has 0 bridgehead atoms. The van der Waals surface area contributed by atoms with Crippen molar-refractivity contribution >= 4 is 11.9 Å². The summed E-state index contributed by atoms with van der Waals surface area (Å²) in [4.78, 5) is 0. The van der Waals surface area contributed by atoms with Gasteiger partial charge in [-0.25, -0.2) is 0 Å². The summed E-state index contributed by atoms with van der Waals surface area (Å²) < 4.78 is 49.4. The van der Waals surface area contributed by atoms with Gasteiger partial charge in [-0.3, -0.25) is 5.43 Å². The molecule has 0 amide bonds. The van der Waals surface area contributed by atoms with Crippen LogP contribution in [-0.2, 0) is 6.18 Å². The summed E-state index contributed by atoms with van der Waals surface area (Å²) in [6.07, 6.45) is -2.88. The molecule has 26 heavy (non-hydrogen) atoms. The fourth-order valence-corrected chi connectivity index (χ4v) is 2.17. The molecule has 0 aromatic heterocycles. The maximum atomic E-state index is 12.7. The lowest BCUT2D eigenvalue weighted by molar-refractivity contribution is -0.137. The number of nitrogens with one attached hydrogen (secondary N) is 1. The van der Waals surface area contributed by atoms with Crippen molar-refractivity contribution in [3.05, 3.63) is 53.6 Å². The number of hydrogen-bond acceptors (Lipinski definition) is 4. The highest BCUT2D eigenvalue weighted by atomic mass is 19.4. The molecule has 2 rings (SSSR count). The largest absolute Gasteiger partial charge is 0.490 e. The first-order valence-corrected chi connectivity index (χ1v) is 8.19. The maximum absolute atomic E-state index is 12.7. The van der Waals surface area contributed by atoms with Gasteiger partial charge in [-0.15, -0.1) is 0 Å². The molecule has 2 aromatic rings. The first-order valence-electron chi connectivity index (χ1n) is 8.19. The van der Waals surface area contributed by atoms with E-state index in [4.69, 9.17) is 9.47 Å². The van der Waals surface area contributed by atoms with Crippen LogP contribution in [0.15, 0.2) is 47.6 Å². The lowest BCUT2D eigenvalue weighted by atomic mass is 10.2. The van der Waals surface area contributed by atoms with Crippen LogP contribution < -0.4 is 14.9 Å². The first-order chi connectivity index (χ1) is 12.3. The molecule has 0 aliphatic carbocycles. The van der Waals surface area contributed by atoms with Crippen molar-refractivity contribution in [2.75, 3.05) is 12.0 Å². The van der Waals surface area contributed by atoms with Gasteiger partial charge in [0.1, 0.15) is 0 Å². The summed E-state index contributed by atoms with van der Waals surface area (Å²) >= 11 is 0. The monoisotopic (exact) mass is 366 g/mol. The van der Waals surface area contributed by atoms with E-state index in [0.717, 1.165) is 17.7 Å². The fraction of sp³-hybridized carbons (Fsp3) is 0.316. The topological polar surface area (TPSA) is 42.8 Å². The Balaban J connectivity index is 2.11. The van der Waals surface area contributed by atoms with Gasteiger partial charge in [0.2, 0.25) is 0 Å². The molecule has 0 heterocycles. The molecule has 140 valence electrons. The second-order valence-corrected chi connectivity index (χ2v) is 5.75. The Morgan fingerprint density at radius 3 is 2.54 bits per heavy atom. The Morgan fingerprint density at radius 2 is 1.88 bits per heavy atom. The molecular weight excluding hydrogens is 345 g/mol. The van der Waals surface area contributed by atoms with Gasteiger partial charge >= 0.3 is 6.18 Å². The minimum absolute atomic E-state index is 0.0105. The van der Waals surface area contributed by atoms with Crippen LogP contribution in [-0.4, -0.2) is 18.9 Å². The maximum Gasteiger partial charge on any atom is 0.416 e. The zero-order valence-corrected chi connectivity index (χ0v) is 14.8. The second-order valence-electron chi connectivity index (χ2n) is 5.75. The van der Waals surface area contributed by atoms with Gasteiger partial charge in [-0.2, -0.15) is 18.3 Å². The standard InChI is InChI=1S/C19H21F3N2O2/c1-4-25-18-10-14(8-9-17(18)26-13(2)3)12-23-24-16-7-5-6-15(11-16)19(20,21)22/h5-13,24H,4H2,1-3H3. The minimum atomic E-state index is -4.39. The summed E-state index contributed by atoms with van der Waals surface area (Å²) in [7, 11) is 0. The lowest BCUT2D eigenvalue weighted by Gasteiger charge is -2.14. The molecule has 0 spiro atoms. The van der Waals surface area contributed by atoms with Crippen LogP contribution in [0.5, 0.6) is 11.5 Å². The van der Waals surface area contributed by atoms with Gasteiger partial charge in [0, 0.05) is 0 Å². The third kappa shape index (κ3) is 5.68. The predicted octanol–water partition coefficient (Wildman–Crippen LogP) is 5.34. The highest BCUT2D eigenvalue weighted by molar-refractivity contribution is 5.81. The second kappa shape index (κ2) is 8.60. The van der Waals surface area contributed by atoms with Crippen molar-refractivity contribution in [2.45, 2.75) is 33.1 Å². The number of benzene rings is 2. The van der Waals surface area contributed by atoms with Crippen molar-refractivity contribution < 1.29 is 22.6 Å². The van der Waals surface area contributed by atoms with Crippen LogP contribution >= 0.6 is 0 Å². The molecule has 4 nitrogen and oxygen atoms in total. The Morgan fingerprint density at radius 1 is 1.12 bits per heavy atom. The molecular formula is C19H21F3N2O2. The van der Waals surface area contributed by atoms with Crippen LogP contribution in [0, 0.1) is 0 Å². The van der Waals surface area contributed by atoms with Crippen LogP contribution in [0.4, 0.5) is 18.9 Å². The SMILES string of the molecule is CCOc1cc(C=NNc2cccc(C(F)(F)F)c2)ccc1OC(C)C. The number of hydrogen-bond donors (Lipinski definition) is 1. The summed E-state index contributed by atoms with van der Waals surface area (Å²) in [5.74, 6) is 1.22. The van der Waals surface area contributed by atoms with Crippen LogP contribution in [0.2, 0.25) is 0 Å². The van der Waals surface area contributed by atoms with E-state index in [0.29, 0.717) is 18.1 Å². The third-order valence-electron chi connectivity index (χ3n) is 3.23. The van der Waals surface area contributed by atoms with E-state index in [-0.39, 0.29) is 11.8 Å². The van der Waals surface area contributed by atoms with E-state index in [1.165, 1.54) is 18.3 Å². The molecule has 2 aromatic carbocycles. The average molecular weight is 366 g/mol. The first kappa shape index (κ1) is 19.6. The van der Waals surface area contributed by atoms with Crippen molar-refractivity contribution in [3.8, 4) is 11.5 Å². The normalized spacial score (nSPS) is 11.8. The molecule has 0 radical (unpaired) electrons. The summed E-state index contributed by atoms with van der Waals surface area (Å²) in [5, 5.41) is 3.99. The van der Waals surface area contributed by atoms with Gasteiger partial charge in [-0.1, -0.05) is 6.07 Å². The van der Waals surface area contributed by atoms with Crippen molar-refractivity contribution in [3.63, 3.8) is 0 Å². The Kier molecular flexibility index (Phi) is 6.49. The Bertz CT molecular complexity index is 759. The average Bonchev–Trinajstić information content (AvgIpc) is 2.56. The van der Waals surface area contributed by atoms with E-state index in [2.05, 4.69) is 10.5 Å². The van der Waals surface area contributed by atoms with Gasteiger partial charge in [0.25, 0.3) is 0 Å². The molecule has 0 aliphatic rings. The van der Waals surface area contributed by atoms with Crippen LogP contribution in [0.25, 0.3) is 0 Å². The number of rotatable bonds is 7. The van der Waals surface area contributed by atoms with Crippen molar-refractivity contribution in [2.24, 2.45) is 5.10 Å². The quantitative estimate of drug-likeness (QED) is 0.531. The minimum Gasteiger partial charge on any atom is -0.490 e. The molecule has 7 heteroatoms. The zero-order chi connectivity index (χ0) is 19.2. The van der Waals surface area contributed by atoms with Gasteiger partial charge in [0.05, 0.1) is 30.2 Å². The number of anilines is 1. The number of hydrazone groups is 1. The third-order valence-corrected chi connectivity index (χ3v) is 3.23.